The molecule has 3 aliphatic heterocycles. The molecule has 1 atom stereocenters. The number of piperidine rings is 3. The van der Waals surface area contributed by atoms with Gasteiger partial charge in [0.25, 0.3) is 11.1 Å². The van der Waals surface area contributed by atoms with Crippen LogP contribution in [0.1, 0.15) is 23.2 Å². The Hall–Kier alpha value is -2.19. The van der Waals surface area contributed by atoms with E-state index in [0.717, 1.165) is 6.54 Å². The average Bonchev–Trinajstić information content (AvgIpc) is 3.11. The van der Waals surface area contributed by atoms with Crippen LogP contribution in [-0.2, 0) is 0 Å². The maximum absolute atomic E-state index is 12.5. The van der Waals surface area contributed by atoms with Gasteiger partial charge in [0.05, 0.1) is 7.11 Å². The molecule has 1 amide bonds. The van der Waals surface area contributed by atoms with E-state index in [1.54, 1.807) is 24.3 Å². The summed E-state index contributed by atoms with van der Waals surface area (Å²) in [4.78, 5) is 14.9. The highest BCUT2D eigenvalue weighted by atomic mass is 32.1. The molecule has 0 saturated carbocycles. The summed E-state index contributed by atoms with van der Waals surface area (Å²) >= 11 is 1.22. The lowest BCUT2D eigenvalue weighted by Crippen LogP contribution is -2.57. The molecule has 3 fully saturated rings. The molecule has 1 N–H and O–H groups in total. The Kier molecular flexibility index (Phi) is 4.54. The van der Waals surface area contributed by atoms with Gasteiger partial charge in [0, 0.05) is 18.2 Å². The summed E-state index contributed by atoms with van der Waals surface area (Å²) in [6.07, 6.45) is 2.37. The molecule has 0 unspecified atom stereocenters. The molecule has 2 aromatic rings. The average molecular weight is 360 g/mol. The number of hydrogen-bond donors (Lipinski definition) is 1. The SMILES string of the molecule is COc1nnc(Oc2ccc(C(=O)N[C@H]3CN4CCC3CC4)cc2)s1. The van der Waals surface area contributed by atoms with Crippen molar-refractivity contribution in [1.29, 1.82) is 0 Å². The van der Waals surface area contributed by atoms with Gasteiger partial charge in [-0.3, -0.25) is 4.79 Å². The van der Waals surface area contributed by atoms with Crippen molar-refractivity contribution in [3.63, 3.8) is 0 Å². The zero-order chi connectivity index (χ0) is 17.2. The molecule has 132 valence electrons. The van der Waals surface area contributed by atoms with Crippen LogP contribution < -0.4 is 14.8 Å². The van der Waals surface area contributed by atoms with Gasteiger partial charge in [-0.1, -0.05) is 10.2 Å². The van der Waals surface area contributed by atoms with Crippen molar-refractivity contribution >= 4 is 17.2 Å². The van der Waals surface area contributed by atoms with Crippen molar-refractivity contribution in [2.24, 2.45) is 5.92 Å². The van der Waals surface area contributed by atoms with E-state index in [9.17, 15) is 4.79 Å². The molecule has 0 radical (unpaired) electrons. The topological polar surface area (TPSA) is 76.6 Å². The smallest absolute Gasteiger partial charge is 0.302 e. The minimum Gasteiger partial charge on any atom is -0.472 e. The molecular weight excluding hydrogens is 340 g/mol. The Morgan fingerprint density at radius 3 is 2.52 bits per heavy atom. The number of methoxy groups -OCH3 is 1. The first-order chi connectivity index (χ1) is 12.2. The second kappa shape index (κ2) is 6.97. The highest BCUT2D eigenvalue weighted by Gasteiger charge is 2.34. The molecule has 0 aliphatic carbocycles. The van der Waals surface area contributed by atoms with Crippen molar-refractivity contribution in [2.45, 2.75) is 18.9 Å². The third-order valence-corrected chi connectivity index (χ3v) is 5.62. The molecule has 3 saturated heterocycles. The van der Waals surface area contributed by atoms with Gasteiger partial charge in [-0.05, 0) is 67.5 Å². The minimum atomic E-state index is -0.0251. The second-order valence-electron chi connectivity index (χ2n) is 6.38. The Balaban J connectivity index is 1.37. The molecule has 0 spiro atoms. The zero-order valence-corrected chi connectivity index (χ0v) is 14.8. The standard InChI is InChI=1S/C17H20N4O3S/c1-23-16-19-20-17(25-16)24-13-4-2-12(3-5-13)15(22)18-14-10-21-8-6-11(14)7-9-21/h2-5,11,14H,6-10H2,1H3,(H,18,22)/t14-/m0/s1. The summed E-state index contributed by atoms with van der Waals surface area (Å²) in [6.45, 7) is 3.30. The van der Waals surface area contributed by atoms with Gasteiger partial charge in [-0.25, -0.2) is 0 Å². The highest BCUT2D eigenvalue weighted by molar-refractivity contribution is 7.14. The van der Waals surface area contributed by atoms with Gasteiger partial charge in [0.2, 0.25) is 0 Å². The Morgan fingerprint density at radius 2 is 1.92 bits per heavy atom. The van der Waals surface area contributed by atoms with E-state index in [1.807, 2.05) is 0 Å². The summed E-state index contributed by atoms with van der Waals surface area (Å²) < 4.78 is 10.6. The molecular formula is C17H20N4O3S. The van der Waals surface area contributed by atoms with E-state index in [1.165, 1.54) is 44.4 Å². The van der Waals surface area contributed by atoms with Crippen LogP contribution in [0.4, 0.5) is 0 Å². The van der Waals surface area contributed by atoms with Crippen molar-refractivity contribution in [2.75, 3.05) is 26.7 Å². The first-order valence-corrected chi connectivity index (χ1v) is 9.21. The summed E-state index contributed by atoms with van der Waals surface area (Å²) in [7, 11) is 1.53. The summed E-state index contributed by atoms with van der Waals surface area (Å²) in [6, 6.07) is 7.33. The predicted octanol–water partition coefficient (Wildman–Crippen LogP) is 2.16. The fourth-order valence-corrected chi connectivity index (χ4v) is 4.01. The maximum Gasteiger partial charge on any atom is 0.302 e. The quantitative estimate of drug-likeness (QED) is 0.881. The number of carbonyl (C=O) groups is 1. The molecule has 4 heterocycles. The fraction of sp³-hybridized carbons (Fsp3) is 0.471. The van der Waals surface area contributed by atoms with Crippen LogP contribution in [0, 0.1) is 5.92 Å². The number of fused-ring (bicyclic) bond motifs is 3. The third-order valence-electron chi connectivity index (χ3n) is 4.86. The number of rotatable bonds is 5. The number of ether oxygens (including phenoxy) is 2. The summed E-state index contributed by atoms with van der Waals surface area (Å²) in [5.41, 5.74) is 0.638. The Morgan fingerprint density at radius 1 is 1.20 bits per heavy atom. The number of hydrogen-bond acceptors (Lipinski definition) is 7. The van der Waals surface area contributed by atoms with E-state index in [4.69, 9.17) is 9.47 Å². The fourth-order valence-electron chi connectivity index (χ4n) is 3.48. The molecule has 3 aliphatic rings. The highest BCUT2D eigenvalue weighted by Crippen LogP contribution is 2.29. The number of amides is 1. The van der Waals surface area contributed by atoms with Crippen molar-refractivity contribution in [3.8, 4) is 16.1 Å². The van der Waals surface area contributed by atoms with Crippen molar-refractivity contribution < 1.29 is 14.3 Å². The van der Waals surface area contributed by atoms with Gasteiger partial charge in [0.15, 0.2) is 0 Å². The Labute approximate surface area is 150 Å². The number of nitrogens with zero attached hydrogens (tertiary/aromatic N) is 3. The maximum atomic E-state index is 12.5. The van der Waals surface area contributed by atoms with Gasteiger partial charge < -0.3 is 19.7 Å². The normalized spacial score (nSPS) is 24.8. The van der Waals surface area contributed by atoms with Crippen LogP contribution in [0.3, 0.4) is 0 Å². The van der Waals surface area contributed by atoms with Crippen molar-refractivity contribution in [3.05, 3.63) is 29.8 Å². The predicted molar refractivity (Wildman–Crippen MR) is 93.4 cm³/mol. The molecule has 5 rings (SSSR count). The van der Waals surface area contributed by atoms with Crippen LogP contribution in [0.2, 0.25) is 0 Å². The van der Waals surface area contributed by atoms with Gasteiger partial charge in [-0.15, -0.1) is 0 Å². The molecule has 8 heteroatoms. The van der Waals surface area contributed by atoms with Crippen LogP contribution in [-0.4, -0.2) is 53.8 Å². The monoisotopic (exact) mass is 360 g/mol. The van der Waals surface area contributed by atoms with Crippen LogP contribution in [0.5, 0.6) is 16.1 Å². The van der Waals surface area contributed by atoms with Crippen LogP contribution in [0.25, 0.3) is 0 Å². The third kappa shape index (κ3) is 3.59. The van der Waals surface area contributed by atoms with Gasteiger partial charge in [0.1, 0.15) is 5.75 Å². The first-order valence-electron chi connectivity index (χ1n) is 8.40. The Bertz CT molecular complexity index is 741. The van der Waals surface area contributed by atoms with E-state index in [0.29, 0.717) is 27.6 Å². The lowest BCUT2D eigenvalue weighted by Gasteiger charge is -2.44. The van der Waals surface area contributed by atoms with Crippen LogP contribution >= 0.6 is 11.3 Å². The van der Waals surface area contributed by atoms with E-state index in [2.05, 4.69) is 20.4 Å². The van der Waals surface area contributed by atoms with E-state index in [-0.39, 0.29) is 11.9 Å². The first kappa shape index (κ1) is 16.3. The van der Waals surface area contributed by atoms with Gasteiger partial charge in [-0.2, -0.15) is 0 Å². The van der Waals surface area contributed by atoms with E-state index < -0.39 is 0 Å². The van der Waals surface area contributed by atoms with Gasteiger partial charge >= 0.3 is 5.19 Å². The van der Waals surface area contributed by atoms with Crippen LogP contribution in [0.15, 0.2) is 24.3 Å². The molecule has 1 aromatic heterocycles. The largest absolute Gasteiger partial charge is 0.472 e. The summed E-state index contributed by atoms with van der Waals surface area (Å²) in [5.74, 6) is 1.20. The van der Waals surface area contributed by atoms with E-state index >= 15 is 0 Å². The molecule has 2 bridgehead atoms. The number of aromatic nitrogens is 2. The summed E-state index contributed by atoms with van der Waals surface area (Å²) in [5, 5.41) is 11.7. The number of benzene rings is 1. The molecule has 7 nitrogen and oxygen atoms in total. The molecule has 25 heavy (non-hydrogen) atoms. The lowest BCUT2D eigenvalue weighted by atomic mass is 9.84. The second-order valence-corrected chi connectivity index (χ2v) is 7.29. The number of nitrogens with one attached hydrogen (secondary N) is 1. The molecule has 1 aromatic carbocycles. The minimum absolute atomic E-state index is 0.0251. The lowest BCUT2D eigenvalue weighted by molar-refractivity contribution is 0.0620. The van der Waals surface area contributed by atoms with Crippen molar-refractivity contribution in [1.82, 2.24) is 20.4 Å². The zero-order valence-electron chi connectivity index (χ0n) is 14.0. The number of carbonyl (C=O) groups excluding carboxylic acids is 1.